The largest absolute Gasteiger partial charge is 0.357 e. The summed E-state index contributed by atoms with van der Waals surface area (Å²) in [6.07, 6.45) is 0. The number of nitrogens with zero attached hydrogens (tertiary/aromatic N) is 5. The quantitative estimate of drug-likeness (QED) is 0.724. The van der Waals surface area contributed by atoms with Crippen molar-refractivity contribution in [3.8, 4) is 0 Å². The molecule has 1 N–H and O–H groups in total. The number of nitrogens with one attached hydrogen (secondary N) is 1. The van der Waals surface area contributed by atoms with Gasteiger partial charge in [0.25, 0.3) is 0 Å². The van der Waals surface area contributed by atoms with Crippen LogP contribution in [0.5, 0.6) is 0 Å². The monoisotopic (exact) mass is 284 g/mol. The Kier molecular flexibility index (Phi) is 6.86. The number of hydrogen-bond donors (Lipinski definition) is 1. The number of hydrogen-bond acceptors (Lipinski definition) is 7. The van der Waals surface area contributed by atoms with Gasteiger partial charge in [-0.3, -0.25) is 0 Å². The van der Waals surface area contributed by atoms with Gasteiger partial charge in [0.15, 0.2) is 5.16 Å². The Labute approximate surface area is 120 Å². The Morgan fingerprint density at radius 1 is 1.11 bits per heavy atom. The van der Waals surface area contributed by atoms with Crippen molar-refractivity contribution in [3.05, 3.63) is 0 Å². The molecule has 1 rings (SSSR count). The van der Waals surface area contributed by atoms with Crippen molar-refractivity contribution < 1.29 is 0 Å². The molecule has 0 aliphatic heterocycles. The van der Waals surface area contributed by atoms with E-state index in [1.165, 1.54) is 0 Å². The van der Waals surface area contributed by atoms with Crippen LogP contribution in [0.1, 0.15) is 13.8 Å². The fraction of sp³-hybridized carbons (Fsp3) is 0.750. The molecule has 0 unspecified atom stereocenters. The molecular weight excluding hydrogens is 260 g/mol. The van der Waals surface area contributed by atoms with Gasteiger partial charge in [-0.15, -0.1) is 0 Å². The van der Waals surface area contributed by atoms with Gasteiger partial charge in [0, 0.05) is 32.4 Å². The average molecular weight is 284 g/mol. The van der Waals surface area contributed by atoms with Crippen LogP contribution in [-0.2, 0) is 0 Å². The van der Waals surface area contributed by atoms with Crippen LogP contribution in [0.25, 0.3) is 0 Å². The van der Waals surface area contributed by atoms with Gasteiger partial charge in [-0.05, 0) is 27.9 Å². The van der Waals surface area contributed by atoms with Crippen molar-refractivity contribution in [2.24, 2.45) is 0 Å². The average Bonchev–Trinajstić information content (AvgIpc) is 2.39. The van der Waals surface area contributed by atoms with Crippen molar-refractivity contribution in [1.82, 2.24) is 19.9 Å². The highest BCUT2D eigenvalue weighted by atomic mass is 32.2. The summed E-state index contributed by atoms with van der Waals surface area (Å²) in [7, 11) is 5.96. The number of thioether (sulfide) groups is 1. The lowest BCUT2D eigenvalue weighted by Crippen LogP contribution is -2.25. The van der Waals surface area contributed by atoms with Crippen LogP contribution in [0.2, 0.25) is 0 Å². The molecule has 0 aromatic carbocycles. The maximum Gasteiger partial charge on any atom is 0.231 e. The first kappa shape index (κ1) is 16.0. The highest BCUT2D eigenvalue weighted by Crippen LogP contribution is 2.18. The first-order chi connectivity index (χ1) is 9.10. The lowest BCUT2D eigenvalue weighted by molar-refractivity contribution is 0.437. The molecule has 0 spiro atoms. The van der Waals surface area contributed by atoms with E-state index in [1.807, 2.05) is 7.05 Å². The molecule has 0 saturated carbocycles. The van der Waals surface area contributed by atoms with Gasteiger partial charge in [-0.2, -0.15) is 15.0 Å². The van der Waals surface area contributed by atoms with E-state index in [0.29, 0.717) is 5.95 Å². The van der Waals surface area contributed by atoms with Crippen molar-refractivity contribution in [1.29, 1.82) is 0 Å². The minimum Gasteiger partial charge on any atom is -0.357 e. The van der Waals surface area contributed by atoms with Crippen LogP contribution in [0, 0.1) is 0 Å². The first-order valence-electron chi connectivity index (χ1n) is 6.57. The van der Waals surface area contributed by atoms with Crippen molar-refractivity contribution in [2.75, 3.05) is 56.7 Å². The van der Waals surface area contributed by atoms with E-state index in [1.54, 1.807) is 11.8 Å². The Hall–Kier alpha value is -1.08. The molecule has 0 bridgehead atoms. The van der Waals surface area contributed by atoms with Crippen molar-refractivity contribution >= 4 is 23.7 Å². The molecule has 6 nitrogen and oxygen atoms in total. The summed E-state index contributed by atoms with van der Waals surface area (Å²) in [5.74, 6) is 2.35. The summed E-state index contributed by atoms with van der Waals surface area (Å²) in [6.45, 7) is 7.00. The molecule has 0 aliphatic rings. The molecular formula is C12H24N6S. The lowest BCUT2D eigenvalue weighted by Gasteiger charge is -2.19. The van der Waals surface area contributed by atoms with Crippen molar-refractivity contribution in [2.45, 2.75) is 19.0 Å². The van der Waals surface area contributed by atoms with E-state index in [0.717, 1.165) is 36.5 Å². The second kappa shape index (κ2) is 8.16. The summed E-state index contributed by atoms with van der Waals surface area (Å²) in [5.41, 5.74) is 0. The minimum absolute atomic E-state index is 0.629. The Morgan fingerprint density at radius 3 is 2.32 bits per heavy atom. The van der Waals surface area contributed by atoms with E-state index < -0.39 is 0 Å². The Balaban J connectivity index is 2.82. The zero-order valence-corrected chi connectivity index (χ0v) is 13.3. The first-order valence-corrected chi connectivity index (χ1v) is 7.55. The van der Waals surface area contributed by atoms with Gasteiger partial charge in [-0.25, -0.2) is 0 Å². The van der Waals surface area contributed by atoms with Gasteiger partial charge >= 0.3 is 0 Å². The molecule has 0 atom stereocenters. The van der Waals surface area contributed by atoms with Gasteiger partial charge < -0.3 is 15.1 Å². The predicted molar refractivity (Wildman–Crippen MR) is 82.2 cm³/mol. The van der Waals surface area contributed by atoms with Crippen LogP contribution in [0.15, 0.2) is 5.16 Å². The second-order valence-corrected chi connectivity index (χ2v) is 5.38. The van der Waals surface area contributed by atoms with E-state index in [4.69, 9.17) is 0 Å². The zero-order chi connectivity index (χ0) is 14.3. The number of aromatic nitrogens is 3. The fourth-order valence-corrected chi connectivity index (χ4v) is 2.43. The topological polar surface area (TPSA) is 57.2 Å². The third kappa shape index (κ3) is 5.20. The third-order valence-corrected chi connectivity index (χ3v) is 3.47. The molecule has 0 amide bonds. The normalized spacial score (nSPS) is 10.8. The minimum atomic E-state index is 0.629. The highest BCUT2D eigenvalue weighted by molar-refractivity contribution is 7.99. The molecule has 0 aliphatic carbocycles. The maximum absolute atomic E-state index is 4.53. The molecule has 0 fully saturated rings. The summed E-state index contributed by atoms with van der Waals surface area (Å²) >= 11 is 1.66. The Bertz CT molecular complexity index is 380. The third-order valence-electron chi connectivity index (χ3n) is 2.64. The molecule has 1 heterocycles. The van der Waals surface area contributed by atoms with Crippen LogP contribution in [0.4, 0.5) is 11.9 Å². The molecule has 0 radical (unpaired) electrons. The number of rotatable bonds is 8. The summed E-state index contributed by atoms with van der Waals surface area (Å²) in [6, 6.07) is 0. The maximum atomic E-state index is 4.53. The highest BCUT2D eigenvalue weighted by Gasteiger charge is 2.10. The smallest absolute Gasteiger partial charge is 0.231 e. The molecule has 19 heavy (non-hydrogen) atoms. The van der Waals surface area contributed by atoms with Crippen LogP contribution >= 0.6 is 11.8 Å². The molecule has 7 heteroatoms. The van der Waals surface area contributed by atoms with E-state index in [-0.39, 0.29) is 0 Å². The molecule has 108 valence electrons. The fourth-order valence-electron chi connectivity index (χ4n) is 1.49. The van der Waals surface area contributed by atoms with Crippen LogP contribution < -0.4 is 10.2 Å². The SMILES string of the molecule is CCN(CC)c1nc(NC)nc(SCCN(C)C)n1. The van der Waals surface area contributed by atoms with Crippen molar-refractivity contribution in [3.63, 3.8) is 0 Å². The van der Waals surface area contributed by atoms with E-state index in [2.05, 4.69) is 58.0 Å². The lowest BCUT2D eigenvalue weighted by atomic mass is 10.5. The summed E-state index contributed by atoms with van der Waals surface area (Å²) in [4.78, 5) is 17.6. The van der Waals surface area contributed by atoms with Gasteiger partial charge in [-0.1, -0.05) is 11.8 Å². The van der Waals surface area contributed by atoms with Gasteiger partial charge in [0.2, 0.25) is 11.9 Å². The second-order valence-electron chi connectivity index (χ2n) is 4.32. The van der Waals surface area contributed by atoms with Crippen LogP contribution in [0.3, 0.4) is 0 Å². The molecule has 0 saturated heterocycles. The number of anilines is 2. The van der Waals surface area contributed by atoms with Gasteiger partial charge in [0.05, 0.1) is 0 Å². The van der Waals surface area contributed by atoms with Crippen LogP contribution in [-0.4, -0.2) is 66.4 Å². The molecule has 1 aromatic heterocycles. The van der Waals surface area contributed by atoms with Gasteiger partial charge in [0.1, 0.15) is 0 Å². The predicted octanol–water partition coefficient (Wildman–Crippen LogP) is 1.41. The summed E-state index contributed by atoms with van der Waals surface area (Å²) < 4.78 is 0. The zero-order valence-electron chi connectivity index (χ0n) is 12.5. The standard InChI is InChI=1S/C12H24N6S/c1-6-18(7-2)11-14-10(13-3)15-12(16-11)19-9-8-17(4)5/h6-9H2,1-5H3,(H,13,14,15,16). The molecule has 1 aromatic rings. The summed E-state index contributed by atoms with van der Waals surface area (Å²) in [5, 5.41) is 3.78. The van der Waals surface area contributed by atoms with E-state index >= 15 is 0 Å². The Morgan fingerprint density at radius 2 is 1.79 bits per heavy atom. The van der Waals surface area contributed by atoms with E-state index in [9.17, 15) is 0 Å².